The van der Waals surface area contributed by atoms with Gasteiger partial charge in [0.1, 0.15) is 18.1 Å². The van der Waals surface area contributed by atoms with Crippen molar-refractivity contribution in [2.24, 2.45) is 0 Å². The minimum Gasteiger partial charge on any atom is -0.490 e. The molecule has 2 amide bonds. The van der Waals surface area contributed by atoms with Gasteiger partial charge in [-0.15, -0.1) is 0 Å². The number of nitrogens with zero attached hydrogens (tertiary/aromatic N) is 1. The molecule has 2 aromatic carbocycles. The van der Waals surface area contributed by atoms with Gasteiger partial charge in [-0.2, -0.15) is 0 Å². The fraction of sp³-hybridized carbons (Fsp3) is 0.407. The Morgan fingerprint density at radius 1 is 1.06 bits per heavy atom. The van der Waals surface area contributed by atoms with Crippen LogP contribution in [0, 0.1) is 0 Å². The number of ether oxygens (including phenoxy) is 4. The highest BCUT2D eigenvalue weighted by Gasteiger charge is 2.16. The first-order chi connectivity index (χ1) is 16.9. The minimum atomic E-state index is -0.686. The van der Waals surface area contributed by atoms with Crippen molar-refractivity contribution in [2.45, 2.75) is 33.1 Å². The largest absolute Gasteiger partial charge is 0.490 e. The zero-order valence-electron chi connectivity index (χ0n) is 21.1. The number of methoxy groups -OCH3 is 1. The zero-order chi connectivity index (χ0) is 25.6. The predicted molar refractivity (Wildman–Crippen MR) is 137 cm³/mol. The third kappa shape index (κ3) is 8.64. The van der Waals surface area contributed by atoms with Gasteiger partial charge in [0.25, 0.3) is 0 Å². The maximum absolute atomic E-state index is 12.6. The zero-order valence-corrected chi connectivity index (χ0v) is 21.1. The molecule has 1 N–H and O–H groups in total. The maximum atomic E-state index is 12.6. The summed E-state index contributed by atoms with van der Waals surface area (Å²) in [6.45, 7) is 9.52. The quantitative estimate of drug-likeness (QED) is 0.131. The number of carbonyl (C=O) groups is 2. The van der Waals surface area contributed by atoms with Crippen LogP contribution in [0.1, 0.15) is 33.1 Å². The van der Waals surface area contributed by atoms with Gasteiger partial charge in [-0.25, -0.2) is 9.59 Å². The monoisotopic (exact) mass is 484 g/mol. The topological polar surface area (TPSA) is 86.3 Å². The summed E-state index contributed by atoms with van der Waals surface area (Å²) in [5.74, 6) is 0.0237. The SMILES string of the molecule is C=C(OC)C(=O)Oc1ccc(-c2cccc(N(C)C(=O)NCCCCC)c2)c(OCCOCC)c1. The lowest BCUT2D eigenvalue weighted by Crippen LogP contribution is -2.37. The van der Waals surface area contributed by atoms with Gasteiger partial charge in [0, 0.05) is 37.5 Å². The van der Waals surface area contributed by atoms with E-state index in [2.05, 4.69) is 18.8 Å². The number of benzene rings is 2. The third-order valence-corrected chi connectivity index (χ3v) is 5.23. The molecule has 0 saturated heterocycles. The fourth-order valence-corrected chi connectivity index (χ4v) is 3.21. The van der Waals surface area contributed by atoms with Crippen LogP contribution < -0.4 is 19.7 Å². The first-order valence-corrected chi connectivity index (χ1v) is 11.8. The molecular weight excluding hydrogens is 448 g/mol. The number of esters is 1. The highest BCUT2D eigenvalue weighted by atomic mass is 16.6. The van der Waals surface area contributed by atoms with Gasteiger partial charge in [-0.05, 0) is 49.8 Å². The van der Waals surface area contributed by atoms with Crippen molar-refractivity contribution in [3.8, 4) is 22.6 Å². The predicted octanol–water partition coefficient (Wildman–Crippen LogP) is 5.17. The molecule has 0 atom stereocenters. The molecule has 8 nitrogen and oxygen atoms in total. The standard InChI is InChI=1S/C27H36N2O6/c1-6-8-9-15-28-27(31)29(4)22-12-10-11-21(18-22)24-14-13-23(35-26(30)20(3)32-5)19-25(24)34-17-16-33-7-2/h10-14,18-19H,3,6-9,15-17H2,1-2,4-5H3,(H,28,31). The van der Waals surface area contributed by atoms with E-state index in [9.17, 15) is 9.59 Å². The number of hydrogen-bond donors (Lipinski definition) is 1. The Kier molecular flexibility index (Phi) is 11.6. The van der Waals surface area contributed by atoms with Gasteiger partial charge in [-0.3, -0.25) is 4.90 Å². The molecule has 0 fully saturated rings. The fourth-order valence-electron chi connectivity index (χ4n) is 3.21. The maximum Gasteiger partial charge on any atom is 0.378 e. The highest BCUT2D eigenvalue weighted by molar-refractivity contribution is 5.92. The number of nitrogens with one attached hydrogen (secondary N) is 1. The van der Waals surface area contributed by atoms with Crippen LogP contribution in [-0.2, 0) is 14.3 Å². The number of urea groups is 1. The Morgan fingerprint density at radius 3 is 2.57 bits per heavy atom. The number of unbranched alkanes of at least 4 members (excludes halogenated alkanes) is 2. The number of carbonyl (C=O) groups excluding carboxylic acids is 2. The van der Waals surface area contributed by atoms with E-state index in [1.54, 1.807) is 30.1 Å². The van der Waals surface area contributed by atoms with Gasteiger partial charge in [0.15, 0.2) is 5.76 Å². The summed E-state index contributed by atoms with van der Waals surface area (Å²) in [5.41, 5.74) is 2.37. The van der Waals surface area contributed by atoms with E-state index in [1.165, 1.54) is 7.11 Å². The summed E-state index contributed by atoms with van der Waals surface area (Å²) in [5, 5.41) is 2.95. The van der Waals surface area contributed by atoms with Crippen LogP contribution in [0.3, 0.4) is 0 Å². The minimum absolute atomic E-state index is 0.100. The molecule has 0 bridgehead atoms. The lowest BCUT2D eigenvalue weighted by molar-refractivity contribution is -0.133. The van der Waals surface area contributed by atoms with Crippen LogP contribution in [-0.4, -0.2) is 52.5 Å². The van der Waals surface area contributed by atoms with Gasteiger partial charge in [0.2, 0.25) is 0 Å². The second-order valence-corrected chi connectivity index (χ2v) is 7.77. The average molecular weight is 485 g/mol. The van der Waals surface area contributed by atoms with Crippen molar-refractivity contribution in [1.29, 1.82) is 0 Å². The number of amides is 2. The van der Waals surface area contributed by atoms with Gasteiger partial charge < -0.3 is 24.3 Å². The molecule has 8 heteroatoms. The van der Waals surface area contributed by atoms with E-state index < -0.39 is 5.97 Å². The molecule has 0 aliphatic rings. The average Bonchev–Trinajstić information content (AvgIpc) is 2.88. The molecule has 2 aromatic rings. The van der Waals surface area contributed by atoms with Crippen LogP contribution in [0.25, 0.3) is 11.1 Å². The van der Waals surface area contributed by atoms with Crippen molar-refractivity contribution >= 4 is 17.7 Å². The number of anilines is 1. The molecule has 2 rings (SSSR count). The molecule has 0 aromatic heterocycles. The Bertz CT molecular complexity index is 991. The van der Waals surface area contributed by atoms with E-state index in [0.29, 0.717) is 37.9 Å². The summed E-state index contributed by atoms with van der Waals surface area (Å²) < 4.78 is 21.5. The van der Waals surface area contributed by atoms with Gasteiger partial charge in [0.05, 0.1) is 13.7 Å². The van der Waals surface area contributed by atoms with Gasteiger partial charge >= 0.3 is 12.0 Å². The molecule has 35 heavy (non-hydrogen) atoms. The van der Waals surface area contributed by atoms with Crippen LogP contribution in [0.2, 0.25) is 0 Å². The van der Waals surface area contributed by atoms with Crippen molar-refractivity contribution in [2.75, 3.05) is 45.4 Å². The van der Waals surface area contributed by atoms with E-state index in [4.69, 9.17) is 18.9 Å². The third-order valence-electron chi connectivity index (χ3n) is 5.23. The molecule has 0 aliphatic heterocycles. The summed E-state index contributed by atoms with van der Waals surface area (Å²) in [6, 6.07) is 12.5. The molecule has 0 radical (unpaired) electrons. The summed E-state index contributed by atoms with van der Waals surface area (Å²) in [4.78, 5) is 26.2. The first kappa shape index (κ1) is 27.7. The van der Waals surface area contributed by atoms with Crippen LogP contribution in [0.15, 0.2) is 54.8 Å². The molecule has 0 spiro atoms. The molecule has 0 saturated carbocycles. The van der Waals surface area contributed by atoms with Crippen LogP contribution in [0.5, 0.6) is 11.5 Å². The number of hydrogen-bond acceptors (Lipinski definition) is 6. The van der Waals surface area contributed by atoms with Crippen molar-refractivity contribution in [3.63, 3.8) is 0 Å². The normalized spacial score (nSPS) is 10.4. The molecule has 0 heterocycles. The smallest absolute Gasteiger partial charge is 0.378 e. The van der Waals surface area contributed by atoms with Crippen molar-refractivity contribution in [1.82, 2.24) is 5.32 Å². The summed E-state index contributed by atoms with van der Waals surface area (Å²) >= 11 is 0. The molecule has 190 valence electrons. The first-order valence-electron chi connectivity index (χ1n) is 11.8. The van der Waals surface area contributed by atoms with Crippen molar-refractivity contribution < 1.29 is 28.5 Å². The highest BCUT2D eigenvalue weighted by Crippen LogP contribution is 2.35. The second-order valence-electron chi connectivity index (χ2n) is 7.77. The Labute approximate surface area is 207 Å². The van der Waals surface area contributed by atoms with E-state index >= 15 is 0 Å². The Hall–Kier alpha value is -3.52. The van der Waals surface area contributed by atoms with E-state index in [0.717, 1.165) is 36.1 Å². The number of rotatable bonds is 14. The molecular formula is C27H36N2O6. The summed E-state index contributed by atoms with van der Waals surface area (Å²) in [7, 11) is 3.09. The molecule has 0 aliphatic carbocycles. The van der Waals surface area contributed by atoms with Crippen LogP contribution >= 0.6 is 0 Å². The van der Waals surface area contributed by atoms with Gasteiger partial charge in [-0.1, -0.05) is 31.9 Å². The van der Waals surface area contributed by atoms with E-state index in [1.807, 2.05) is 31.2 Å². The van der Waals surface area contributed by atoms with Crippen molar-refractivity contribution in [3.05, 3.63) is 54.8 Å². The molecule has 0 unspecified atom stereocenters. The Morgan fingerprint density at radius 2 is 1.86 bits per heavy atom. The second kappa shape index (κ2) is 14.7. The Balaban J connectivity index is 2.27. The summed E-state index contributed by atoms with van der Waals surface area (Å²) in [6.07, 6.45) is 3.13. The lowest BCUT2D eigenvalue weighted by Gasteiger charge is -2.20. The van der Waals surface area contributed by atoms with E-state index in [-0.39, 0.29) is 11.8 Å². The van der Waals surface area contributed by atoms with Crippen LogP contribution in [0.4, 0.5) is 10.5 Å². The lowest BCUT2D eigenvalue weighted by atomic mass is 10.0.